The zero-order valence-electron chi connectivity index (χ0n) is 15.1. The minimum atomic E-state index is -0.585. The average molecular weight is 341 g/mol. The number of carbonyl (C=O) groups excluding carboxylic acids is 2. The molecule has 6 heteroatoms. The molecule has 0 aromatic rings. The lowest BCUT2D eigenvalue weighted by molar-refractivity contribution is -0.138. The molecule has 0 aliphatic heterocycles. The van der Waals surface area contributed by atoms with Gasteiger partial charge in [-0.3, -0.25) is 9.59 Å². The van der Waals surface area contributed by atoms with Gasteiger partial charge < -0.3 is 21.1 Å². The standard InChI is InChI=1S/C18H35N3O3/c1-20-17(22)18(23)21-14-11-9-7-5-3-2-4-6-8-10-12-15-24-16-13-19/h3,5H,2,4,6-16,19H2,1H3,(H,20,22)(H,21,23). The van der Waals surface area contributed by atoms with Crippen LogP contribution in [-0.4, -0.2) is 45.2 Å². The number of likely N-dealkylation sites (N-methyl/N-ethyl adjacent to an activating group) is 1. The summed E-state index contributed by atoms with van der Waals surface area (Å²) >= 11 is 0. The van der Waals surface area contributed by atoms with Crippen LogP contribution in [0.4, 0.5) is 0 Å². The van der Waals surface area contributed by atoms with E-state index in [0.717, 1.165) is 38.7 Å². The van der Waals surface area contributed by atoms with Gasteiger partial charge in [-0.25, -0.2) is 0 Å². The Morgan fingerprint density at radius 1 is 0.875 bits per heavy atom. The van der Waals surface area contributed by atoms with E-state index in [1.807, 2.05) is 0 Å². The van der Waals surface area contributed by atoms with Crippen molar-refractivity contribution in [1.29, 1.82) is 0 Å². The van der Waals surface area contributed by atoms with Crippen LogP contribution < -0.4 is 16.4 Å². The molecule has 0 bridgehead atoms. The van der Waals surface area contributed by atoms with Crippen LogP contribution in [0.15, 0.2) is 12.2 Å². The van der Waals surface area contributed by atoms with Gasteiger partial charge in [-0.2, -0.15) is 0 Å². The van der Waals surface area contributed by atoms with E-state index in [-0.39, 0.29) is 0 Å². The van der Waals surface area contributed by atoms with Crippen LogP contribution in [0.25, 0.3) is 0 Å². The average Bonchev–Trinajstić information content (AvgIpc) is 2.60. The normalized spacial score (nSPS) is 10.9. The SMILES string of the molecule is CNC(=O)C(=O)NCCCCC=CCCCCCCCOCCN. The summed E-state index contributed by atoms with van der Waals surface area (Å²) in [6.45, 7) is 2.66. The molecule has 0 aromatic heterocycles. The molecule has 140 valence electrons. The highest BCUT2D eigenvalue weighted by Gasteiger charge is 2.08. The van der Waals surface area contributed by atoms with Crippen molar-refractivity contribution >= 4 is 11.8 Å². The Kier molecular flexibility index (Phi) is 16.9. The summed E-state index contributed by atoms with van der Waals surface area (Å²) in [5.41, 5.74) is 5.35. The third-order valence-electron chi connectivity index (χ3n) is 3.60. The predicted molar refractivity (Wildman–Crippen MR) is 97.6 cm³/mol. The fourth-order valence-electron chi connectivity index (χ4n) is 2.20. The van der Waals surface area contributed by atoms with Gasteiger partial charge in [-0.15, -0.1) is 0 Å². The minimum Gasteiger partial charge on any atom is -0.380 e. The van der Waals surface area contributed by atoms with Crippen LogP contribution in [0.1, 0.15) is 57.8 Å². The lowest BCUT2D eigenvalue weighted by atomic mass is 10.1. The molecule has 0 unspecified atom stereocenters. The first kappa shape index (κ1) is 22.6. The highest BCUT2D eigenvalue weighted by Crippen LogP contribution is 2.06. The lowest BCUT2D eigenvalue weighted by Crippen LogP contribution is -2.38. The highest BCUT2D eigenvalue weighted by atomic mass is 16.5. The Morgan fingerprint density at radius 3 is 2.17 bits per heavy atom. The van der Waals surface area contributed by atoms with Crippen LogP contribution in [-0.2, 0) is 14.3 Å². The van der Waals surface area contributed by atoms with Crippen LogP contribution in [0.3, 0.4) is 0 Å². The third kappa shape index (κ3) is 15.5. The molecule has 0 radical (unpaired) electrons. The second kappa shape index (κ2) is 17.9. The molecule has 0 aromatic carbocycles. The Hall–Kier alpha value is -1.40. The third-order valence-corrected chi connectivity index (χ3v) is 3.60. The summed E-state index contributed by atoms with van der Waals surface area (Å²) in [6.07, 6.45) is 14.7. The first-order valence-electron chi connectivity index (χ1n) is 9.15. The van der Waals surface area contributed by atoms with Gasteiger partial charge in [0.25, 0.3) is 0 Å². The quantitative estimate of drug-likeness (QED) is 0.241. The van der Waals surface area contributed by atoms with E-state index in [1.54, 1.807) is 0 Å². The van der Waals surface area contributed by atoms with Crippen LogP contribution in [0.2, 0.25) is 0 Å². The van der Waals surface area contributed by atoms with Crippen molar-refractivity contribution in [3.05, 3.63) is 12.2 Å². The molecule has 24 heavy (non-hydrogen) atoms. The summed E-state index contributed by atoms with van der Waals surface area (Å²) in [4.78, 5) is 22.1. The summed E-state index contributed by atoms with van der Waals surface area (Å²) in [6, 6.07) is 0. The van der Waals surface area contributed by atoms with E-state index in [2.05, 4.69) is 22.8 Å². The van der Waals surface area contributed by atoms with Gasteiger partial charge in [0, 0.05) is 26.7 Å². The number of nitrogens with two attached hydrogens (primary N) is 1. The van der Waals surface area contributed by atoms with Gasteiger partial charge in [0.2, 0.25) is 0 Å². The first-order valence-corrected chi connectivity index (χ1v) is 9.15. The lowest BCUT2D eigenvalue weighted by Gasteiger charge is -2.03. The van der Waals surface area contributed by atoms with E-state index in [0.29, 0.717) is 19.7 Å². The maximum absolute atomic E-state index is 11.2. The maximum Gasteiger partial charge on any atom is 0.309 e. The highest BCUT2D eigenvalue weighted by molar-refractivity contribution is 6.34. The number of rotatable bonds is 15. The van der Waals surface area contributed by atoms with Gasteiger partial charge in [-0.1, -0.05) is 31.4 Å². The molecule has 0 saturated heterocycles. The van der Waals surface area contributed by atoms with Gasteiger partial charge in [0.15, 0.2) is 0 Å². The molecule has 0 spiro atoms. The second-order valence-electron chi connectivity index (χ2n) is 5.76. The zero-order valence-corrected chi connectivity index (χ0v) is 15.1. The molecule has 0 aliphatic carbocycles. The summed E-state index contributed by atoms with van der Waals surface area (Å²) in [5.74, 6) is -1.14. The Balaban J connectivity index is 3.22. The van der Waals surface area contributed by atoms with Crippen molar-refractivity contribution in [2.45, 2.75) is 57.8 Å². The number of nitrogens with one attached hydrogen (secondary N) is 2. The summed E-state index contributed by atoms with van der Waals surface area (Å²) in [7, 11) is 1.45. The molecule has 0 atom stereocenters. The largest absolute Gasteiger partial charge is 0.380 e. The van der Waals surface area contributed by atoms with Crippen LogP contribution in [0.5, 0.6) is 0 Å². The van der Waals surface area contributed by atoms with Crippen LogP contribution in [0, 0.1) is 0 Å². The molecule has 0 heterocycles. The summed E-state index contributed by atoms with van der Waals surface area (Å²) < 4.78 is 5.33. The number of hydrogen-bond donors (Lipinski definition) is 3. The van der Waals surface area contributed by atoms with E-state index < -0.39 is 11.8 Å². The van der Waals surface area contributed by atoms with E-state index in [4.69, 9.17) is 10.5 Å². The van der Waals surface area contributed by atoms with E-state index in [9.17, 15) is 9.59 Å². The van der Waals surface area contributed by atoms with Gasteiger partial charge in [0.1, 0.15) is 0 Å². The summed E-state index contributed by atoms with van der Waals surface area (Å²) in [5, 5.41) is 4.89. The van der Waals surface area contributed by atoms with Crippen molar-refractivity contribution in [2.24, 2.45) is 5.73 Å². The Bertz CT molecular complexity index is 346. The van der Waals surface area contributed by atoms with Crippen molar-refractivity contribution in [3.63, 3.8) is 0 Å². The molecule has 0 rings (SSSR count). The second-order valence-corrected chi connectivity index (χ2v) is 5.76. The topological polar surface area (TPSA) is 93.5 Å². The fourth-order valence-corrected chi connectivity index (χ4v) is 2.20. The van der Waals surface area contributed by atoms with Gasteiger partial charge >= 0.3 is 11.8 Å². The smallest absolute Gasteiger partial charge is 0.309 e. The monoisotopic (exact) mass is 341 g/mol. The molecule has 2 amide bonds. The first-order chi connectivity index (χ1) is 11.7. The number of ether oxygens (including phenoxy) is 1. The Labute approximate surface area is 146 Å². The molecular formula is C18H35N3O3. The predicted octanol–water partition coefficient (Wildman–Crippen LogP) is 1.89. The fraction of sp³-hybridized carbons (Fsp3) is 0.778. The van der Waals surface area contributed by atoms with Crippen LogP contribution >= 0.6 is 0 Å². The van der Waals surface area contributed by atoms with Gasteiger partial charge in [0.05, 0.1) is 6.61 Å². The number of allylic oxidation sites excluding steroid dienone is 2. The Morgan fingerprint density at radius 2 is 1.50 bits per heavy atom. The van der Waals surface area contributed by atoms with E-state index >= 15 is 0 Å². The van der Waals surface area contributed by atoms with Crippen molar-refractivity contribution in [2.75, 3.05) is 33.4 Å². The van der Waals surface area contributed by atoms with Crippen molar-refractivity contribution in [3.8, 4) is 0 Å². The van der Waals surface area contributed by atoms with E-state index in [1.165, 1.54) is 32.7 Å². The molecule has 0 aliphatic rings. The number of hydrogen-bond acceptors (Lipinski definition) is 4. The van der Waals surface area contributed by atoms with Crippen molar-refractivity contribution < 1.29 is 14.3 Å². The molecule has 4 N–H and O–H groups in total. The molecule has 0 saturated carbocycles. The number of amides is 2. The van der Waals surface area contributed by atoms with Gasteiger partial charge in [-0.05, 0) is 38.5 Å². The number of unbranched alkanes of at least 4 members (excludes halogenated alkanes) is 7. The maximum atomic E-state index is 11.2. The number of carbonyl (C=O) groups is 2. The zero-order chi connectivity index (χ0) is 17.9. The molecule has 6 nitrogen and oxygen atoms in total. The van der Waals surface area contributed by atoms with Crippen molar-refractivity contribution in [1.82, 2.24) is 10.6 Å². The molecule has 0 fully saturated rings. The minimum absolute atomic E-state index is 0.551. The molecular weight excluding hydrogens is 306 g/mol.